The summed E-state index contributed by atoms with van der Waals surface area (Å²) in [5.74, 6) is 0.789. The van der Waals surface area contributed by atoms with Gasteiger partial charge in [-0.1, -0.05) is 12.1 Å². The highest BCUT2D eigenvalue weighted by atomic mass is 19.1. The Morgan fingerprint density at radius 2 is 1.93 bits per heavy atom. The molecule has 1 aromatic heterocycles. The zero-order chi connectivity index (χ0) is 20.2. The van der Waals surface area contributed by atoms with E-state index in [1.165, 1.54) is 12.1 Å². The van der Waals surface area contributed by atoms with Crippen molar-refractivity contribution >= 4 is 16.7 Å². The van der Waals surface area contributed by atoms with E-state index in [2.05, 4.69) is 17.1 Å². The maximum atomic E-state index is 13.4. The molecule has 0 radical (unpaired) electrons. The smallest absolute Gasteiger partial charge is 0.170 e. The minimum absolute atomic E-state index is 0.279. The first-order valence-corrected chi connectivity index (χ1v) is 10.1. The Kier molecular flexibility index (Phi) is 5.97. The molecule has 0 atom stereocenters. The van der Waals surface area contributed by atoms with E-state index in [0.29, 0.717) is 12.2 Å². The van der Waals surface area contributed by atoms with Crippen LogP contribution in [0, 0.1) is 5.82 Å². The van der Waals surface area contributed by atoms with Crippen molar-refractivity contribution in [2.45, 2.75) is 32.1 Å². The van der Waals surface area contributed by atoms with E-state index in [-0.39, 0.29) is 11.7 Å². The Morgan fingerprint density at radius 1 is 1.17 bits per heavy atom. The van der Waals surface area contributed by atoms with E-state index in [9.17, 15) is 4.39 Å². The van der Waals surface area contributed by atoms with E-state index < -0.39 is 0 Å². The van der Waals surface area contributed by atoms with E-state index in [1.807, 2.05) is 29.4 Å². The first-order valence-electron chi connectivity index (χ1n) is 10.1. The zero-order valence-corrected chi connectivity index (χ0v) is 16.8. The Balaban J connectivity index is 1.47. The molecule has 1 saturated heterocycles. The molecular weight excluding hydrogens is 373 g/mol. The first kappa shape index (κ1) is 19.7. The fourth-order valence-corrected chi connectivity index (χ4v) is 3.75. The molecule has 0 saturated carbocycles. The third-order valence-electron chi connectivity index (χ3n) is 5.29. The second-order valence-corrected chi connectivity index (χ2v) is 7.24. The van der Waals surface area contributed by atoms with Gasteiger partial charge in [-0.25, -0.2) is 4.39 Å². The maximum absolute atomic E-state index is 13.4. The van der Waals surface area contributed by atoms with Crippen molar-refractivity contribution in [3.05, 3.63) is 54.0 Å². The monoisotopic (exact) mass is 399 g/mol. The predicted octanol–water partition coefficient (Wildman–Crippen LogP) is 4.92. The SMILES string of the molecule is CCCON(c1ccc(OC)cc1)N1CCC(c2noc3cc(F)ccc23)CC1. The molecule has 4 rings (SSSR count). The fourth-order valence-electron chi connectivity index (χ4n) is 3.75. The van der Waals surface area contributed by atoms with E-state index in [1.54, 1.807) is 13.2 Å². The number of methoxy groups -OCH3 is 1. The number of fused-ring (bicyclic) bond motifs is 1. The lowest BCUT2D eigenvalue weighted by atomic mass is 9.92. The number of rotatable bonds is 7. The van der Waals surface area contributed by atoms with Crippen molar-refractivity contribution in [2.24, 2.45) is 0 Å². The number of benzene rings is 2. The van der Waals surface area contributed by atoms with Crippen LogP contribution >= 0.6 is 0 Å². The molecule has 0 N–H and O–H groups in total. The van der Waals surface area contributed by atoms with E-state index >= 15 is 0 Å². The number of hydrogen-bond acceptors (Lipinski definition) is 6. The van der Waals surface area contributed by atoms with Gasteiger partial charge in [0, 0.05) is 30.5 Å². The van der Waals surface area contributed by atoms with Crippen LogP contribution in [0.3, 0.4) is 0 Å². The fraction of sp³-hybridized carbons (Fsp3) is 0.409. The van der Waals surface area contributed by atoms with Crippen molar-refractivity contribution in [3.63, 3.8) is 0 Å². The van der Waals surface area contributed by atoms with Gasteiger partial charge in [0.1, 0.15) is 11.6 Å². The lowest BCUT2D eigenvalue weighted by Crippen LogP contribution is -2.47. The highest BCUT2D eigenvalue weighted by molar-refractivity contribution is 5.79. The third kappa shape index (κ3) is 4.21. The summed E-state index contributed by atoms with van der Waals surface area (Å²) in [5.41, 5.74) is 2.40. The van der Waals surface area contributed by atoms with Crippen molar-refractivity contribution in [1.82, 2.24) is 10.2 Å². The number of aromatic nitrogens is 1. The number of nitrogens with zero attached hydrogens (tertiary/aromatic N) is 3. The van der Waals surface area contributed by atoms with Gasteiger partial charge in [-0.2, -0.15) is 10.2 Å². The summed E-state index contributed by atoms with van der Waals surface area (Å²) in [5, 5.41) is 9.26. The molecule has 1 aliphatic rings. The number of anilines is 1. The molecule has 154 valence electrons. The summed E-state index contributed by atoms with van der Waals surface area (Å²) in [6.07, 6.45) is 2.77. The number of ether oxygens (including phenoxy) is 1. The van der Waals surface area contributed by atoms with Gasteiger partial charge in [-0.3, -0.25) is 4.84 Å². The highest BCUT2D eigenvalue weighted by Crippen LogP contribution is 2.34. The van der Waals surface area contributed by atoms with Crippen LogP contribution in [-0.2, 0) is 4.84 Å². The maximum Gasteiger partial charge on any atom is 0.170 e. The summed E-state index contributed by atoms with van der Waals surface area (Å²) < 4.78 is 24.0. The molecule has 2 heterocycles. The van der Waals surface area contributed by atoms with Crippen LogP contribution in [0.1, 0.15) is 37.8 Å². The highest BCUT2D eigenvalue weighted by Gasteiger charge is 2.28. The Labute approximate surface area is 169 Å². The molecule has 7 heteroatoms. The van der Waals surface area contributed by atoms with Gasteiger partial charge < -0.3 is 9.26 Å². The van der Waals surface area contributed by atoms with Crippen LogP contribution in [0.15, 0.2) is 47.0 Å². The Bertz CT molecular complexity index is 936. The van der Waals surface area contributed by atoms with Crippen LogP contribution in [0.4, 0.5) is 10.1 Å². The Hall–Kier alpha value is -2.64. The second kappa shape index (κ2) is 8.80. The quantitative estimate of drug-likeness (QED) is 0.526. The third-order valence-corrected chi connectivity index (χ3v) is 5.29. The van der Waals surface area contributed by atoms with Crippen molar-refractivity contribution in [3.8, 4) is 5.75 Å². The molecule has 1 aliphatic heterocycles. The van der Waals surface area contributed by atoms with Gasteiger partial charge >= 0.3 is 0 Å². The average molecular weight is 399 g/mol. The number of hydrazine groups is 1. The van der Waals surface area contributed by atoms with Gasteiger partial charge in [0.25, 0.3) is 0 Å². The normalized spacial score (nSPS) is 15.7. The molecule has 0 aliphatic carbocycles. The van der Waals surface area contributed by atoms with Crippen LogP contribution < -0.4 is 9.91 Å². The topological polar surface area (TPSA) is 51.0 Å². The molecule has 1 fully saturated rings. The Morgan fingerprint density at radius 3 is 2.62 bits per heavy atom. The predicted molar refractivity (Wildman–Crippen MR) is 109 cm³/mol. The van der Waals surface area contributed by atoms with Crippen LogP contribution in [-0.4, -0.2) is 37.0 Å². The van der Waals surface area contributed by atoms with Crippen molar-refractivity contribution in [2.75, 3.05) is 32.0 Å². The lowest BCUT2D eigenvalue weighted by molar-refractivity contribution is -0.0181. The molecule has 0 bridgehead atoms. The van der Waals surface area contributed by atoms with Gasteiger partial charge in [0.2, 0.25) is 0 Å². The average Bonchev–Trinajstić information content (AvgIpc) is 3.18. The summed E-state index contributed by atoms with van der Waals surface area (Å²) in [7, 11) is 1.66. The summed E-state index contributed by atoms with van der Waals surface area (Å²) in [6, 6.07) is 12.5. The second-order valence-electron chi connectivity index (χ2n) is 7.24. The number of hydrogen-bond donors (Lipinski definition) is 0. The van der Waals surface area contributed by atoms with Gasteiger partial charge in [0.15, 0.2) is 5.58 Å². The molecule has 0 amide bonds. The minimum Gasteiger partial charge on any atom is -0.497 e. The molecule has 6 nitrogen and oxygen atoms in total. The van der Waals surface area contributed by atoms with Crippen molar-refractivity contribution in [1.29, 1.82) is 0 Å². The molecule has 0 unspecified atom stereocenters. The summed E-state index contributed by atoms with van der Waals surface area (Å²) >= 11 is 0. The first-order chi connectivity index (χ1) is 14.2. The molecule has 29 heavy (non-hydrogen) atoms. The number of piperidine rings is 1. The largest absolute Gasteiger partial charge is 0.497 e. The van der Waals surface area contributed by atoms with Crippen LogP contribution in [0.2, 0.25) is 0 Å². The lowest BCUT2D eigenvalue weighted by Gasteiger charge is -2.39. The van der Waals surface area contributed by atoms with Crippen LogP contribution in [0.5, 0.6) is 5.75 Å². The standard InChI is InChI=1S/C22H26FN3O3/c1-3-14-28-26(18-5-7-19(27-2)8-6-18)25-12-10-16(11-13-25)22-20-9-4-17(23)15-21(20)29-24-22/h4-9,15-16H,3,10-14H2,1-2H3. The zero-order valence-electron chi connectivity index (χ0n) is 16.8. The molecule has 3 aromatic rings. The van der Waals surface area contributed by atoms with E-state index in [4.69, 9.17) is 14.1 Å². The van der Waals surface area contributed by atoms with E-state index in [0.717, 1.165) is 54.9 Å². The van der Waals surface area contributed by atoms with Crippen molar-refractivity contribution < 1.29 is 18.5 Å². The summed E-state index contributed by atoms with van der Waals surface area (Å²) in [6.45, 7) is 4.40. The van der Waals surface area contributed by atoms with Gasteiger partial charge in [-0.05, 0) is 55.7 Å². The molecule has 2 aromatic carbocycles. The van der Waals surface area contributed by atoms with Crippen LogP contribution in [0.25, 0.3) is 11.0 Å². The molecule has 0 spiro atoms. The van der Waals surface area contributed by atoms with Gasteiger partial charge in [0.05, 0.1) is 25.1 Å². The number of halogens is 1. The van der Waals surface area contributed by atoms with Gasteiger partial charge in [-0.15, -0.1) is 0 Å². The molecular formula is C22H26FN3O3. The summed E-state index contributed by atoms with van der Waals surface area (Å²) in [4.78, 5) is 6.04. The minimum atomic E-state index is -0.307.